The maximum atomic E-state index is 14.7. The molecule has 1 N–H and O–H groups in total. The largest absolute Gasteiger partial charge is 0.455 e. The molecule has 3 aliphatic heterocycles. The Labute approximate surface area is 300 Å². The van der Waals surface area contributed by atoms with E-state index in [-0.39, 0.29) is 30.1 Å². The van der Waals surface area contributed by atoms with Gasteiger partial charge in [0.2, 0.25) is 11.8 Å². The third kappa shape index (κ3) is 6.70. The van der Waals surface area contributed by atoms with E-state index in [2.05, 4.69) is 29.1 Å². The molecule has 9 atom stereocenters. The summed E-state index contributed by atoms with van der Waals surface area (Å²) < 4.78 is 13.0. The first-order chi connectivity index (χ1) is 23.4. The van der Waals surface area contributed by atoms with Crippen LogP contribution in [-0.2, 0) is 28.7 Å². The van der Waals surface area contributed by atoms with Crippen LogP contribution in [-0.4, -0.2) is 93.5 Å². The van der Waals surface area contributed by atoms with Gasteiger partial charge in [-0.05, 0) is 56.5 Å². The molecule has 0 aromatic heterocycles. The second kappa shape index (κ2) is 15.2. The molecule has 0 radical (unpaired) electrons. The Kier molecular flexibility index (Phi) is 11.4. The normalized spacial score (nSPS) is 27.2. The molecule has 1 spiro atoms. The van der Waals surface area contributed by atoms with E-state index in [9.17, 15) is 24.3 Å². The molecule has 2 aromatic carbocycles. The number of fused-ring (bicyclic) bond motifs is 1. The smallest absolute Gasteiger partial charge is 0.313 e. The summed E-state index contributed by atoms with van der Waals surface area (Å²) in [6.07, 6.45) is 2.70. The van der Waals surface area contributed by atoms with Crippen molar-refractivity contribution in [2.45, 2.75) is 73.9 Å². The second-order valence-corrected chi connectivity index (χ2v) is 14.6. The van der Waals surface area contributed by atoms with Crippen molar-refractivity contribution in [2.24, 2.45) is 11.8 Å². The summed E-state index contributed by atoms with van der Waals surface area (Å²) >= 11 is 9.84. The molecule has 1 unspecified atom stereocenters. The number of benzene rings is 2. The fourth-order valence-electron chi connectivity index (χ4n) is 7.52. The number of alkyl halides is 1. The molecule has 3 amide bonds. The van der Waals surface area contributed by atoms with Gasteiger partial charge in [0, 0.05) is 35.6 Å². The minimum absolute atomic E-state index is 0.127. The molecule has 2 bridgehead atoms. The first kappa shape index (κ1) is 36.8. The number of carbonyl (C=O) groups excluding carboxylic acids is 4. The van der Waals surface area contributed by atoms with E-state index in [0.29, 0.717) is 22.7 Å². The average Bonchev–Trinajstić information content (AvgIpc) is 3.71. The van der Waals surface area contributed by atoms with Gasteiger partial charge >= 0.3 is 5.97 Å². The molecule has 12 heteroatoms. The predicted octanol–water partition coefficient (Wildman–Crippen LogP) is 5.09. The van der Waals surface area contributed by atoms with Crippen molar-refractivity contribution in [3.8, 4) is 0 Å². The van der Waals surface area contributed by atoms with Crippen molar-refractivity contribution in [2.75, 3.05) is 25.1 Å². The lowest BCUT2D eigenvalue weighted by atomic mass is 9.70. The second-order valence-electron chi connectivity index (χ2n) is 13.0. The molecule has 3 heterocycles. The van der Waals surface area contributed by atoms with Gasteiger partial charge in [-0.3, -0.25) is 19.2 Å². The van der Waals surface area contributed by atoms with E-state index < -0.39 is 72.2 Å². The number of aliphatic hydroxyl groups excluding tert-OH is 1. The van der Waals surface area contributed by atoms with E-state index in [1.165, 1.54) is 9.80 Å². The molecular formula is C37H43BrClN3O7. The highest BCUT2D eigenvalue weighted by atomic mass is 79.9. The number of rotatable bonds is 14. The molecule has 3 saturated heterocycles. The number of likely N-dealkylation sites (tertiary alicyclic amines) is 1. The highest BCUT2D eigenvalue weighted by molar-refractivity contribution is 9.09. The van der Waals surface area contributed by atoms with Crippen molar-refractivity contribution >= 4 is 56.9 Å². The minimum Gasteiger partial charge on any atom is -0.455 e. The topological polar surface area (TPSA) is 117 Å². The molecule has 0 saturated carbocycles. The molecule has 2 aromatic rings. The van der Waals surface area contributed by atoms with Crippen LogP contribution in [0.1, 0.15) is 44.8 Å². The third-order valence-electron chi connectivity index (χ3n) is 10.1. The number of amides is 3. The Bertz CT molecular complexity index is 1580. The molecule has 49 heavy (non-hydrogen) atoms. The number of esters is 1. The number of ether oxygens (including phenoxy) is 2. The van der Waals surface area contributed by atoms with Gasteiger partial charge in [0.15, 0.2) is 0 Å². The molecular weight excluding hydrogens is 714 g/mol. The van der Waals surface area contributed by atoms with E-state index in [1.54, 1.807) is 55.3 Å². The van der Waals surface area contributed by atoms with Crippen LogP contribution in [0.2, 0.25) is 5.02 Å². The third-order valence-corrected chi connectivity index (χ3v) is 11.2. The number of carbonyl (C=O) groups is 4. The molecule has 262 valence electrons. The van der Waals surface area contributed by atoms with Crippen LogP contribution in [0, 0.1) is 11.8 Å². The van der Waals surface area contributed by atoms with Crippen LogP contribution < -0.4 is 4.90 Å². The lowest BCUT2D eigenvalue weighted by Crippen LogP contribution is -2.58. The molecule has 10 nitrogen and oxygen atoms in total. The van der Waals surface area contributed by atoms with Crippen molar-refractivity contribution in [1.82, 2.24) is 9.80 Å². The van der Waals surface area contributed by atoms with Gasteiger partial charge in [0.05, 0.1) is 36.6 Å². The summed E-state index contributed by atoms with van der Waals surface area (Å²) in [5.74, 6) is -3.77. The highest BCUT2D eigenvalue weighted by Gasteiger charge is 2.77. The Hall–Kier alpha value is -3.51. The van der Waals surface area contributed by atoms with Crippen LogP contribution in [0.15, 0.2) is 79.9 Å². The zero-order chi connectivity index (χ0) is 35.6. The van der Waals surface area contributed by atoms with Crippen LogP contribution in [0.5, 0.6) is 0 Å². The van der Waals surface area contributed by atoms with Crippen LogP contribution in [0.4, 0.5) is 5.69 Å². The summed E-state index contributed by atoms with van der Waals surface area (Å²) in [5.41, 5.74) is -0.147. The summed E-state index contributed by atoms with van der Waals surface area (Å²) in [4.78, 5) is 60.7. The quantitative estimate of drug-likeness (QED) is 0.162. The van der Waals surface area contributed by atoms with Crippen LogP contribution >= 0.6 is 27.5 Å². The fourth-order valence-corrected chi connectivity index (χ4v) is 8.59. The van der Waals surface area contributed by atoms with E-state index in [4.69, 9.17) is 21.1 Å². The van der Waals surface area contributed by atoms with Crippen molar-refractivity contribution < 1.29 is 33.8 Å². The number of allylic oxidation sites excluding steroid dienone is 1. The Morgan fingerprint density at radius 1 is 1.14 bits per heavy atom. The zero-order valence-electron chi connectivity index (χ0n) is 27.9. The van der Waals surface area contributed by atoms with Gasteiger partial charge in [-0.15, -0.1) is 13.2 Å². The Morgan fingerprint density at radius 2 is 1.82 bits per heavy atom. The van der Waals surface area contributed by atoms with Crippen molar-refractivity contribution in [3.05, 3.63) is 90.5 Å². The summed E-state index contributed by atoms with van der Waals surface area (Å²) in [6.45, 7) is 10.7. The Balaban J connectivity index is 1.52. The summed E-state index contributed by atoms with van der Waals surface area (Å²) in [6, 6.07) is 13.5. The van der Waals surface area contributed by atoms with Crippen molar-refractivity contribution in [3.63, 3.8) is 0 Å². The lowest BCUT2D eigenvalue weighted by molar-refractivity contribution is -0.165. The average molecular weight is 757 g/mol. The van der Waals surface area contributed by atoms with Gasteiger partial charge in [0.1, 0.15) is 17.7 Å². The van der Waals surface area contributed by atoms with E-state index in [1.807, 2.05) is 37.3 Å². The molecule has 3 fully saturated rings. The molecule has 3 aliphatic rings. The monoisotopic (exact) mass is 755 g/mol. The standard InChI is InChI=1S/C37H43BrClN3O7/c1-6-8-14-28(44)40(5)23(4)31(24-12-10-9-11-13-24)48-36(47)29-30-34(45)42(22(3)21-43)33(37(30)20-27(38)32(29)49-37)35(46)41(19-7-2)26-17-15-25(39)16-18-26/h6-7,9-13,15-18,22-23,27,29-33,43H,1-2,8,14,19-21H2,3-5H3/t22-,23+,27?,29+,30-,31-,32+,33+,37-/m1/s1. The van der Waals surface area contributed by atoms with Gasteiger partial charge in [-0.2, -0.15) is 0 Å². The molecule has 0 aliphatic carbocycles. The number of nitrogens with zero attached hydrogens (tertiary/aromatic N) is 3. The number of halogens is 2. The van der Waals surface area contributed by atoms with Gasteiger partial charge in [0.25, 0.3) is 5.91 Å². The molecule has 5 rings (SSSR count). The zero-order valence-corrected chi connectivity index (χ0v) is 30.3. The maximum absolute atomic E-state index is 14.7. The summed E-state index contributed by atoms with van der Waals surface area (Å²) in [7, 11) is 1.67. The number of hydrogen-bond acceptors (Lipinski definition) is 7. The fraction of sp³-hybridized carbons (Fsp3) is 0.459. The van der Waals surface area contributed by atoms with Gasteiger partial charge in [-0.1, -0.05) is 70.0 Å². The van der Waals surface area contributed by atoms with Crippen molar-refractivity contribution in [1.29, 1.82) is 0 Å². The summed E-state index contributed by atoms with van der Waals surface area (Å²) in [5, 5.41) is 10.8. The lowest BCUT2D eigenvalue weighted by Gasteiger charge is -2.38. The first-order valence-electron chi connectivity index (χ1n) is 16.5. The van der Waals surface area contributed by atoms with Crippen LogP contribution in [0.3, 0.4) is 0 Å². The number of likely N-dealkylation sites (N-methyl/N-ethyl adjacent to an activating group) is 1. The number of anilines is 1. The van der Waals surface area contributed by atoms with Gasteiger partial charge in [-0.25, -0.2) is 0 Å². The maximum Gasteiger partial charge on any atom is 0.313 e. The predicted molar refractivity (Wildman–Crippen MR) is 190 cm³/mol. The highest BCUT2D eigenvalue weighted by Crippen LogP contribution is 2.61. The first-order valence-corrected chi connectivity index (χ1v) is 17.8. The number of aliphatic hydroxyl groups is 1. The minimum atomic E-state index is -1.38. The van der Waals surface area contributed by atoms with E-state index in [0.717, 1.165) is 0 Å². The SMILES string of the molecule is C=CCCC(=O)N(C)[C@@H](C)[C@@H](OC(=O)[C@@H]1[C@H]2O[C@@]3(CC2Br)[C@H](C(=O)N(CC=C)c2ccc(Cl)cc2)N([C@H](C)CO)C(=O)[C@@H]13)c1ccccc1. The Morgan fingerprint density at radius 3 is 2.43 bits per heavy atom. The van der Waals surface area contributed by atoms with Crippen LogP contribution in [0.25, 0.3) is 0 Å². The van der Waals surface area contributed by atoms with Gasteiger partial charge < -0.3 is 29.3 Å². The number of hydrogen-bond donors (Lipinski definition) is 1. The van der Waals surface area contributed by atoms with E-state index >= 15 is 0 Å².